The van der Waals surface area contributed by atoms with Crippen LogP contribution in [0.2, 0.25) is 0 Å². The van der Waals surface area contributed by atoms with E-state index in [2.05, 4.69) is 0 Å². The first-order chi connectivity index (χ1) is 10.2. The molecule has 0 bridgehead atoms. The Morgan fingerprint density at radius 1 is 1.23 bits per heavy atom. The van der Waals surface area contributed by atoms with Crippen LogP contribution in [0.1, 0.15) is 23.8 Å². The fraction of sp³-hybridized carbons (Fsp3) is 0.312. The molecule has 0 spiro atoms. The number of halogens is 1. The van der Waals surface area contributed by atoms with Gasteiger partial charge in [0.25, 0.3) is 0 Å². The number of benzene rings is 1. The zero-order valence-electron chi connectivity index (χ0n) is 12.2. The molecule has 0 fully saturated rings. The number of aliphatic hydroxyl groups excluding tert-OH is 1. The molecular formula is C16H21ClN2O3. The number of aliphatic hydroxyl groups is 1. The summed E-state index contributed by atoms with van der Waals surface area (Å²) in [5, 5.41) is 10.2. The van der Waals surface area contributed by atoms with Gasteiger partial charge in [-0.15, -0.1) is 12.4 Å². The van der Waals surface area contributed by atoms with Crippen LogP contribution in [0.15, 0.2) is 53.1 Å². The maximum absolute atomic E-state index is 12.2. The fourth-order valence-electron chi connectivity index (χ4n) is 2.12. The molecule has 1 atom stereocenters. The van der Waals surface area contributed by atoms with Gasteiger partial charge in [-0.3, -0.25) is 4.79 Å². The second kappa shape index (κ2) is 9.25. The quantitative estimate of drug-likeness (QED) is 0.817. The van der Waals surface area contributed by atoms with E-state index >= 15 is 0 Å². The van der Waals surface area contributed by atoms with Crippen LogP contribution >= 0.6 is 12.4 Å². The molecular weight excluding hydrogens is 304 g/mol. The number of furan rings is 1. The Bertz CT molecular complexity index is 546. The monoisotopic (exact) mass is 324 g/mol. The summed E-state index contributed by atoms with van der Waals surface area (Å²) >= 11 is 0. The molecule has 1 unspecified atom stereocenters. The Morgan fingerprint density at radius 2 is 1.95 bits per heavy atom. The lowest BCUT2D eigenvalue weighted by Crippen LogP contribution is -2.35. The average Bonchev–Trinajstić information content (AvgIpc) is 3.02. The van der Waals surface area contributed by atoms with Crippen LogP contribution in [0, 0.1) is 0 Å². The molecule has 0 aliphatic heterocycles. The van der Waals surface area contributed by atoms with Crippen molar-refractivity contribution in [1.29, 1.82) is 0 Å². The SMILES string of the molecule is Cl.NCCC(=O)N(Cc1ccccc1)CC(O)c1ccco1. The lowest BCUT2D eigenvalue weighted by molar-refractivity contribution is -0.133. The third-order valence-electron chi connectivity index (χ3n) is 3.19. The minimum atomic E-state index is -0.842. The lowest BCUT2D eigenvalue weighted by atomic mass is 10.1. The third-order valence-corrected chi connectivity index (χ3v) is 3.19. The second-order valence-corrected chi connectivity index (χ2v) is 4.83. The topological polar surface area (TPSA) is 79.7 Å². The van der Waals surface area contributed by atoms with Crippen molar-refractivity contribution in [3.63, 3.8) is 0 Å². The van der Waals surface area contributed by atoms with Gasteiger partial charge in [0.05, 0.1) is 12.8 Å². The molecule has 0 radical (unpaired) electrons. The first kappa shape index (κ1) is 18.2. The molecule has 6 heteroatoms. The van der Waals surface area contributed by atoms with Crippen molar-refractivity contribution < 1.29 is 14.3 Å². The summed E-state index contributed by atoms with van der Waals surface area (Å²) in [6.45, 7) is 0.916. The number of nitrogens with two attached hydrogens (primary N) is 1. The molecule has 5 nitrogen and oxygen atoms in total. The summed E-state index contributed by atoms with van der Waals surface area (Å²) in [6, 6.07) is 13.1. The van der Waals surface area contributed by atoms with Crippen LogP contribution in [0.25, 0.3) is 0 Å². The van der Waals surface area contributed by atoms with Crippen molar-refractivity contribution in [2.75, 3.05) is 13.1 Å². The molecule has 1 heterocycles. The van der Waals surface area contributed by atoms with Crippen molar-refractivity contribution in [2.45, 2.75) is 19.1 Å². The van der Waals surface area contributed by atoms with E-state index in [1.165, 1.54) is 6.26 Å². The molecule has 1 amide bonds. The van der Waals surface area contributed by atoms with Gasteiger partial charge in [0, 0.05) is 19.5 Å². The lowest BCUT2D eigenvalue weighted by Gasteiger charge is -2.24. The van der Waals surface area contributed by atoms with Crippen molar-refractivity contribution >= 4 is 18.3 Å². The van der Waals surface area contributed by atoms with Crippen molar-refractivity contribution in [3.8, 4) is 0 Å². The van der Waals surface area contributed by atoms with Gasteiger partial charge in [0.2, 0.25) is 5.91 Å². The summed E-state index contributed by atoms with van der Waals surface area (Å²) in [5.41, 5.74) is 6.47. The molecule has 2 aromatic rings. The van der Waals surface area contributed by atoms with Crippen LogP contribution in [0.5, 0.6) is 0 Å². The molecule has 0 aliphatic carbocycles. The molecule has 0 saturated carbocycles. The van der Waals surface area contributed by atoms with Gasteiger partial charge in [-0.1, -0.05) is 30.3 Å². The van der Waals surface area contributed by atoms with Gasteiger partial charge in [0.15, 0.2) is 0 Å². The number of amides is 1. The molecule has 3 N–H and O–H groups in total. The van der Waals surface area contributed by atoms with Gasteiger partial charge in [-0.2, -0.15) is 0 Å². The van der Waals surface area contributed by atoms with Crippen LogP contribution in [0.4, 0.5) is 0 Å². The highest BCUT2D eigenvalue weighted by molar-refractivity contribution is 5.85. The Labute approximate surface area is 136 Å². The van der Waals surface area contributed by atoms with Crippen molar-refractivity contribution in [3.05, 3.63) is 60.1 Å². The first-order valence-corrected chi connectivity index (χ1v) is 6.94. The van der Waals surface area contributed by atoms with E-state index in [9.17, 15) is 9.90 Å². The predicted octanol–water partition coefficient (Wildman–Crippen LogP) is 2.11. The summed E-state index contributed by atoms with van der Waals surface area (Å²) in [6.07, 6.45) is 0.921. The van der Waals surface area contributed by atoms with Gasteiger partial charge in [-0.25, -0.2) is 0 Å². The number of carbonyl (C=O) groups is 1. The summed E-state index contributed by atoms with van der Waals surface area (Å²) in [4.78, 5) is 13.8. The minimum absolute atomic E-state index is 0. The van der Waals surface area contributed by atoms with Gasteiger partial charge in [-0.05, 0) is 17.7 Å². The van der Waals surface area contributed by atoms with E-state index in [-0.39, 0.29) is 31.3 Å². The predicted molar refractivity (Wildman–Crippen MR) is 86.4 cm³/mol. The van der Waals surface area contributed by atoms with Crippen molar-refractivity contribution in [1.82, 2.24) is 4.90 Å². The molecule has 22 heavy (non-hydrogen) atoms. The molecule has 0 aliphatic rings. The molecule has 120 valence electrons. The van der Waals surface area contributed by atoms with E-state index in [0.717, 1.165) is 5.56 Å². The Hall–Kier alpha value is -1.82. The van der Waals surface area contributed by atoms with Gasteiger partial charge >= 0.3 is 0 Å². The Balaban J connectivity index is 0.00000242. The van der Waals surface area contributed by atoms with Gasteiger partial charge < -0.3 is 20.2 Å². The Morgan fingerprint density at radius 3 is 2.55 bits per heavy atom. The molecule has 1 aromatic carbocycles. The van der Waals surface area contributed by atoms with Crippen molar-refractivity contribution in [2.24, 2.45) is 5.73 Å². The van der Waals surface area contributed by atoms with Crippen LogP contribution < -0.4 is 5.73 Å². The van der Waals surface area contributed by atoms with E-state index < -0.39 is 6.10 Å². The van der Waals surface area contributed by atoms with Crippen LogP contribution in [-0.4, -0.2) is 29.0 Å². The average molecular weight is 325 g/mol. The highest BCUT2D eigenvalue weighted by Crippen LogP contribution is 2.17. The number of hydrogen-bond acceptors (Lipinski definition) is 4. The van der Waals surface area contributed by atoms with Gasteiger partial charge in [0.1, 0.15) is 11.9 Å². The van der Waals surface area contributed by atoms with E-state index in [0.29, 0.717) is 18.8 Å². The number of hydrogen-bond donors (Lipinski definition) is 2. The summed E-state index contributed by atoms with van der Waals surface area (Å²) in [7, 11) is 0. The van der Waals surface area contributed by atoms with Crippen LogP contribution in [0.3, 0.4) is 0 Å². The standard InChI is InChI=1S/C16H20N2O3.ClH/c17-9-8-16(20)18(11-13-5-2-1-3-6-13)12-14(19)15-7-4-10-21-15;/h1-7,10,14,19H,8-9,11-12,17H2;1H. The largest absolute Gasteiger partial charge is 0.467 e. The van der Waals surface area contributed by atoms with E-state index in [1.54, 1.807) is 17.0 Å². The Kier molecular flexibility index (Phi) is 7.66. The number of nitrogens with zero attached hydrogens (tertiary/aromatic N) is 1. The zero-order valence-corrected chi connectivity index (χ0v) is 13.0. The third kappa shape index (κ3) is 5.18. The zero-order chi connectivity index (χ0) is 15.1. The maximum atomic E-state index is 12.2. The minimum Gasteiger partial charge on any atom is -0.467 e. The fourth-order valence-corrected chi connectivity index (χ4v) is 2.12. The molecule has 0 saturated heterocycles. The smallest absolute Gasteiger partial charge is 0.224 e. The molecule has 2 rings (SSSR count). The number of rotatable bonds is 7. The highest BCUT2D eigenvalue weighted by Gasteiger charge is 2.20. The molecule has 1 aromatic heterocycles. The summed E-state index contributed by atoms with van der Waals surface area (Å²) in [5.74, 6) is 0.376. The van der Waals surface area contributed by atoms with E-state index in [4.69, 9.17) is 10.2 Å². The summed E-state index contributed by atoms with van der Waals surface area (Å²) < 4.78 is 5.17. The first-order valence-electron chi connectivity index (χ1n) is 6.94. The highest BCUT2D eigenvalue weighted by atomic mass is 35.5. The maximum Gasteiger partial charge on any atom is 0.224 e. The second-order valence-electron chi connectivity index (χ2n) is 4.83. The van der Waals surface area contributed by atoms with Crippen LogP contribution in [-0.2, 0) is 11.3 Å². The number of carbonyl (C=O) groups excluding carboxylic acids is 1. The van der Waals surface area contributed by atoms with E-state index in [1.807, 2.05) is 30.3 Å². The normalized spacial score (nSPS) is 11.5.